The van der Waals surface area contributed by atoms with E-state index in [4.69, 9.17) is 9.57 Å². The number of hydrogen-bond donors (Lipinski definition) is 1. The molecular weight excluding hydrogens is 373 g/mol. The number of carbonyl (C=O) groups is 1. The SMILES string of the molecule is CNC(=O)C(OC)c1ccccc1CO/N=C(\C)c1cccc(C(F)(F)F)c1. The summed E-state index contributed by atoms with van der Waals surface area (Å²) in [7, 11) is 2.93. The van der Waals surface area contributed by atoms with Gasteiger partial charge in [0.1, 0.15) is 6.61 Å². The second-order valence-electron chi connectivity index (χ2n) is 5.96. The van der Waals surface area contributed by atoms with E-state index in [1.807, 2.05) is 0 Å². The lowest BCUT2D eigenvalue weighted by Gasteiger charge is -2.17. The molecule has 0 bridgehead atoms. The first-order valence-electron chi connectivity index (χ1n) is 8.44. The quantitative estimate of drug-likeness (QED) is 0.569. The Hall–Kier alpha value is -2.87. The van der Waals surface area contributed by atoms with Gasteiger partial charge < -0.3 is 14.9 Å². The lowest BCUT2D eigenvalue weighted by atomic mass is 10.0. The monoisotopic (exact) mass is 394 g/mol. The third-order valence-electron chi connectivity index (χ3n) is 4.09. The van der Waals surface area contributed by atoms with Crippen LogP contribution in [0.1, 0.15) is 35.3 Å². The van der Waals surface area contributed by atoms with Gasteiger partial charge in [-0.1, -0.05) is 41.6 Å². The number of benzene rings is 2. The Kier molecular flexibility index (Phi) is 7.17. The van der Waals surface area contributed by atoms with Crippen molar-refractivity contribution in [3.8, 4) is 0 Å². The van der Waals surface area contributed by atoms with Crippen molar-refractivity contribution >= 4 is 11.6 Å². The second kappa shape index (κ2) is 9.36. The number of nitrogens with one attached hydrogen (secondary N) is 1. The first-order valence-corrected chi connectivity index (χ1v) is 8.44. The Morgan fingerprint density at radius 2 is 1.89 bits per heavy atom. The zero-order valence-electron chi connectivity index (χ0n) is 15.7. The topological polar surface area (TPSA) is 59.9 Å². The van der Waals surface area contributed by atoms with E-state index < -0.39 is 17.8 Å². The molecule has 1 atom stereocenters. The van der Waals surface area contributed by atoms with Crippen LogP contribution in [-0.4, -0.2) is 25.8 Å². The highest BCUT2D eigenvalue weighted by Gasteiger charge is 2.30. The summed E-state index contributed by atoms with van der Waals surface area (Å²) in [5.74, 6) is -0.307. The molecule has 0 aromatic heterocycles. The van der Waals surface area contributed by atoms with Crippen molar-refractivity contribution in [3.63, 3.8) is 0 Å². The molecule has 8 heteroatoms. The van der Waals surface area contributed by atoms with E-state index in [9.17, 15) is 18.0 Å². The van der Waals surface area contributed by atoms with Crippen LogP contribution in [0.4, 0.5) is 13.2 Å². The Morgan fingerprint density at radius 1 is 1.18 bits per heavy atom. The summed E-state index contributed by atoms with van der Waals surface area (Å²) in [6, 6.07) is 11.9. The molecule has 0 heterocycles. The fourth-order valence-electron chi connectivity index (χ4n) is 2.60. The molecule has 0 fully saturated rings. The number of alkyl halides is 3. The van der Waals surface area contributed by atoms with Crippen LogP contribution in [0.15, 0.2) is 53.7 Å². The predicted molar refractivity (Wildman–Crippen MR) is 98.7 cm³/mol. The van der Waals surface area contributed by atoms with E-state index in [0.29, 0.717) is 22.4 Å². The lowest BCUT2D eigenvalue weighted by Crippen LogP contribution is -2.27. The van der Waals surface area contributed by atoms with Crippen molar-refractivity contribution in [2.75, 3.05) is 14.2 Å². The molecule has 5 nitrogen and oxygen atoms in total. The average Bonchev–Trinajstić information content (AvgIpc) is 2.68. The Bertz CT molecular complexity index is 851. The molecule has 1 N–H and O–H groups in total. The number of methoxy groups -OCH3 is 1. The highest BCUT2D eigenvalue weighted by molar-refractivity contribution is 5.98. The molecule has 0 saturated carbocycles. The van der Waals surface area contributed by atoms with Gasteiger partial charge in [-0.2, -0.15) is 13.2 Å². The summed E-state index contributed by atoms with van der Waals surface area (Å²) in [6.07, 6.45) is -5.23. The van der Waals surface area contributed by atoms with Crippen LogP contribution < -0.4 is 5.32 Å². The molecule has 2 aromatic rings. The Morgan fingerprint density at radius 3 is 2.54 bits per heavy atom. The first kappa shape index (κ1) is 21.4. The van der Waals surface area contributed by atoms with Crippen LogP contribution in [-0.2, 0) is 27.2 Å². The summed E-state index contributed by atoms with van der Waals surface area (Å²) >= 11 is 0. The summed E-state index contributed by atoms with van der Waals surface area (Å²) in [6.45, 7) is 1.59. The molecule has 2 aromatic carbocycles. The number of amides is 1. The van der Waals surface area contributed by atoms with Crippen LogP contribution in [0, 0.1) is 0 Å². The molecule has 1 unspecified atom stereocenters. The van der Waals surface area contributed by atoms with Gasteiger partial charge in [-0.15, -0.1) is 0 Å². The van der Waals surface area contributed by atoms with E-state index >= 15 is 0 Å². The molecule has 0 aliphatic rings. The smallest absolute Gasteiger partial charge is 0.391 e. The van der Waals surface area contributed by atoms with Crippen LogP contribution in [0.3, 0.4) is 0 Å². The van der Waals surface area contributed by atoms with E-state index in [1.54, 1.807) is 31.2 Å². The minimum Gasteiger partial charge on any atom is -0.391 e. The maximum Gasteiger partial charge on any atom is 0.416 e. The standard InChI is InChI=1S/C20H21F3N2O3/c1-13(14-8-6-9-16(11-14)20(21,22)23)25-28-12-15-7-4-5-10-17(15)18(27-3)19(26)24-2/h4-11,18H,12H2,1-3H3,(H,24,26)/b25-13+. The molecule has 1 amide bonds. The fourth-order valence-corrected chi connectivity index (χ4v) is 2.60. The summed E-state index contributed by atoms with van der Waals surface area (Å²) in [5.41, 5.74) is 1.16. The molecular formula is C20H21F3N2O3. The fraction of sp³-hybridized carbons (Fsp3) is 0.300. The van der Waals surface area contributed by atoms with Gasteiger partial charge in [0, 0.05) is 14.2 Å². The number of oxime groups is 1. The van der Waals surface area contributed by atoms with Gasteiger partial charge in [-0.25, -0.2) is 0 Å². The highest BCUT2D eigenvalue weighted by atomic mass is 19.4. The number of likely N-dealkylation sites (N-methyl/N-ethyl adjacent to an activating group) is 1. The van der Waals surface area contributed by atoms with Crippen LogP contribution >= 0.6 is 0 Å². The third-order valence-corrected chi connectivity index (χ3v) is 4.09. The van der Waals surface area contributed by atoms with Gasteiger partial charge in [0.2, 0.25) is 0 Å². The largest absolute Gasteiger partial charge is 0.416 e. The second-order valence-corrected chi connectivity index (χ2v) is 5.96. The van der Waals surface area contributed by atoms with Gasteiger partial charge >= 0.3 is 6.18 Å². The molecule has 2 rings (SSSR count). The van der Waals surface area contributed by atoms with Gasteiger partial charge in [0.25, 0.3) is 5.91 Å². The summed E-state index contributed by atoms with van der Waals surface area (Å²) < 4.78 is 43.8. The molecule has 28 heavy (non-hydrogen) atoms. The van der Waals surface area contributed by atoms with Crippen LogP contribution in [0.2, 0.25) is 0 Å². The van der Waals surface area contributed by atoms with E-state index in [2.05, 4.69) is 10.5 Å². The number of hydrogen-bond acceptors (Lipinski definition) is 4. The molecule has 0 aliphatic heterocycles. The maximum absolute atomic E-state index is 12.8. The number of carbonyl (C=O) groups excluding carboxylic acids is 1. The normalized spacial score (nSPS) is 13.1. The zero-order chi connectivity index (χ0) is 20.7. The third kappa shape index (κ3) is 5.32. The minimum atomic E-state index is -4.43. The summed E-state index contributed by atoms with van der Waals surface area (Å²) in [5, 5.41) is 6.44. The van der Waals surface area contributed by atoms with Crippen molar-refractivity contribution in [2.45, 2.75) is 25.8 Å². The highest BCUT2D eigenvalue weighted by Crippen LogP contribution is 2.29. The number of nitrogens with zero attached hydrogens (tertiary/aromatic N) is 1. The van der Waals surface area contributed by atoms with Gasteiger partial charge in [-0.3, -0.25) is 4.79 Å². The lowest BCUT2D eigenvalue weighted by molar-refractivity contribution is -0.137. The van der Waals surface area contributed by atoms with E-state index in [-0.39, 0.29) is 12.5 Å². The minimum absolute atomic E-state index is 0.0311. The van der Waals surface area contributed by atoms with Crippen molar-refractivity contribution in [1.29, 1.82) is 0 Å². The average molecular weight is 394 g/mol. The molecule has 0 saturated heterocycles. The van der Waals surface area contributed by atoms with Gasteiger partial charge in [0.15, 0.2) is 6.10 Å². The van der Waals surface area contributed by atoms with Crippen LogP contribution in [0.5, 0.6) is 0 Å². The molecule has 0 radical (unpaired) electrons. The number of halogens is 3. The Labute approximate surface area is 161 Å². The van der Waals surface area contributed by atoms with E-state index in [0.717, 1.165) is 12.1 Å². The van der Waals surface area contributed by atoms with E-state index in [1.165, 1.54) is 26.3 Å². The van der Waals surface area contributed by atoms with Crippen molar-refractivity contribution < 1.29 is 27.5 Å². The number of rotatable bonds is 7. The zero-order valence-corrected chi connectivity index (χ0v) is 15.7. The molecule has 0 spiro atoms. The number of ether oxygens (including phenoxy) is 1. The van der Waals surface area contributed by atoms with Gasteiger partial charge in [0.05, 0.1) is 11.3 Å². The predicted octanol–water partition coefficient (Wildman–Crippen LogP) is 4.08. The molecule has 0 aliphatic carbocycles. The van der Waals surface area contributed by atoms with Gasteiger partial charge in [-0.05, 0) is 35.7 Å². The first-order chi connectivity index (χ1) is 13.3. The van der Waals surface area contributed by atoms with Crippen LogP contribution in [0.25, 0.3) is 0 Å². The molecule has 150 valence electrons. The summed E-state index contributed by atoms with van der Waals surface area (Å²) in [4.78, 5) is 17.3. The van der Waals surface area contributed by atoms with Crippen molar-refractivity contribution in [3.05, 3.63) is 70.8 Å². The Balaban J connectivity index is 2.16. The maximum atomic E-state index is 12.8. The van der Waals surface area contributed by atoms with Crippen molar-refractivity contribution in [2.24, 2.45) is 5.16 Å². The van der Waals surface area contributed by atoms with Crippen molar-refractivity contribution in [1.82, 2.24) is 5.32 Å².